The summed E-state index contributed by atoms with van der Waals surface area (Å²) in [4.78, 5) is 4.40. The summed E-state index contributed by atoms with van der Waals surface area (Å²) in [6.45, 7) is 0. The summed E-state index contributed by atoms with van der Waals surface area (Å²) in [6, 6.07) is 19.3. The van der Waals surface area contributed by atoms with Gasteiger partial charge in [0.05, 0.1) is 12.8 Å². The topological polar surface area (TPSA) is 71.9 Å². The minimum Gasteiger partial charge on any atom is -0.497 e. The van der Waals surface area contributed by atoms with Crippen LogP contribution in [0.5, 0.6) is 5.75 Å². The molecule has 2 aromatic carbocycles. The van der Waals surface area contributed by atoms with Crippen LogP contribution in [0.3, 0.4) is 0 Å². The molecule has 3 aromatic rings. The van der Waals surface area contributed by atoms with Gasteiger partial charge in [0.25, 0.3) is 0 Å². The first-order chi connectivity index (χ1) is 11.6. The summed E-state index contributed by atoms with van der Waals surface area (Å²) in [5, 5.41) is 9.49. The molecule has 1 heterocycles. The molecule has 0 aliphatic heterocycles. The zero-order valence-electron chi connectivity index (χ0n) is 13.0. The Balaban J connectivity index is 2.25. The number of aromatic nitrogens is 1. The van der Waals surface area contributed by atoms with Gasteiger partial charge in [-0.3, -0.25) is 0 Å². The highest BCUT2D eigenvalue weighted by Crippen LogP contribution is 2.34. The van der Waals surface area contributed by atoms with Crippen LogP contribution in [-0.2, 0) is 0 Å². The van der Waals surface area contributed by atoms with Gasteiger partial charge >= 0.3 is 0 Å². The van der Waals surface area contributed by atoms with Crippen LogP contribution in [0.25, 0.3) is 22.4 Å². The molecule has 0 unspecified atom stereocenters. The average Bonchev–Trinajstić information content (AvgIpc) is 2.61. The number of hydrogen-bond donors (Lipinski definition) is 1. The first-order valence-corrected chi connectivity index (χ1v) is 8.03. The van der Waals surface area contributed by atoms with Gasteiger partial charge in [0.2, 0.25) is 0 Å². The summed E-state index contributed by atoms with van der Waals surface area (Å²) >= 11 is 3.53. The summed E-state index contributed by atoms with van der Waals surface area (Å²) in [5.74, 6) is 0.929. The van der Waals surface area contributed by atoms with Crippen LogP contribution in [0.4, 0.5) is 5.82 Å². The summed E-state index contributed by atoms with van der Waals surface area (Å²) in [6.07, 6.45) is 0. The first kappa shape index (κ1) is 16.0. The summed E-state index contributed by atoms with van der Waals surface area (Å²) in [7, 11) is 1.61. The van der Waals surface area contributed by atoms with E-state index in [4.69, 9.17) is 10.5 Å². The van der Waals surface area contributed by atoms with E-state index in [1.165, 1.54) is 0 Å². The number of methoxy groups -OCH3 is 1. The molecule has 118 valence electrons. The van der Waals surface area contributed by atoms with E-state index in [2.05, 4.69) is 27.0 Å². The Morgan fingerprint density at radius 1 is 1.08 bits per heavy atom. The Labute approximate surface area is 148 Å². The Kier molecular flexibility index (Phi) is 4.50. The van der Waals surface area contributed by atoms with Gasteiger partial charge in [-0.05, 0) is 29.8 Å². The average molecular weight is 380 g/mol. The number of halogens is 1. The number of anilines is 1. The van der Waals surface area contributed by atoms with E-state index < -0.39 is 0 Å². The zero-order valence-corrected chi connectivity index (χ0v) is 14.5. The van der Waals surface area contributed by atoms with Crippen LogP contribution in [-0.4, -0.2) is 12.1 Å². The van der Waals surface area contributed by atoms with Crippen molar-refractivity contribution in [2.45, 2.75) is 0 Å². The number of hydrogen-bond acceptors (Lipinski definition) is 4. The number of pyridine rings is 1. The Morgan fingerprint density at radius 2 is 1.88 bits per heavy atom. The largest absolute Gasteiger partial charge is 0.497 e. The van der Waals surface area contributed by atoms with Gasteiger partial charge in [0.15, 0.2) is 0 Å². The lowest BCUT2D eigenvalue weighted by Crippen LogP contribution is -2.00. The molecule has 0 spiro atoms. The fourth-order valence-corrected chi connectivity index (χ4v) is 3.00. The molecule has 0 fully saturated rings. The Hall–Kier alpha value is -2.84. The van der Waals surface area contributed by atoms with Crippen molar-refractivity contribution in [2.75, 3.05) is 12.8 Å². The molecule has 2 N–H and O–H groups in total. The van der Waals surface area contributed by atoms with Crippen molar-refractivity contribution in [1.29, 1.82) is 5.26 Å². The second-order valence-electron chi connectivity index (χ2n) is 5.14. The molecule has 0 aliphatic carbocycles. The van der Waals surface area contributed by atoms with E-state index in [-0.39, 0.29) is 5.82 Å². The zero-order chi connectivity index (χ0) is 17.1. The number of benzene rings is 2. The molecule has 0 saturated heterocycles. The van der Waals surface area contributed by atoms with Gasteiger partial charge in [0.1, 0.15) is 23.2 Å². The van der Waals surface area contributed by atoms with Crippen molar-refractivity contribution in [3.63, 3.8) is 0 Å². The third-order valence-electron chi connectivity index (χ3n) is 3.69. The monoisotopic (exact) mass is 379 g/mol. The van der Waals surface area contributed by atoms with Crippen molar-refractivity contribution in [3.05, 3.63) is 64.6 Å². The molecule has 1 aromatic heterocycles. The Morgan fingerprint density at radius 3 is 2.58 bits per heavy atom. The lowest BCUT2D eigenvalue weighted by Gasteiger charge is -2.12. The standard InChI is InChI=1S/C19H14BrN3O/c1-24-13-6-4-5-12(9-13)15-10-18(23-19(22)16(15)11-21)14-7-2-3-8-17(14)20/h2-10H,1H3,(H2,22,23). The molecule has 0 bridgehead atoms. The summed E-state index contributed by atoms with van der Waals surface area (Å²) < 4.78 is 6.19. The molecular weight excluding hydrogens is 366 g/mol. The number of nitriles is 1. The van der Waals surface area contributed by atoms with Gasteiger partial charge in [-0.25, -0.2) is 4.98 Å². The van der Waals surface area contributed by atoms with E-state index in [0.29, 0.717) is 17.0 Å². The van der Waals surface area contributed by atoms with Crippen molar-refractivity contribution in [1.82, 2.24) is 4.98 Å². The highest BCUT2D eigenvalue weighted by atomic mass is 79.9. The predicted molar refractivity (Wildman–Crippen MR) is 98.5 cm³/mol. The maximum absolute atomic E-state index is 9.49. The molecule has 0 saturated carbocycles. The van der Waals surface area contributed by atoms with Crippen LogP contribution in [0, 0.1) is 11.3 Å². The normalized spacial score (nSPS) is 10.2. The number of rotatable bonds is 3. The van der Waals surface area contributed by atoms with Gasteiger partial charge in [-0.15, -0.1) is 0 Å². The third-order valence-corrected chi connectivity index (χ3v) is 4.38. The highest BCUT2D eigenvalue weighted by Gasteiger charge is 2.15. The number of nitrogen functional groups attached to an aromatic ring is 1. The molecule has 4 nitrogen and oxygen atoms in total. The quantitative estimate of drug-likeness (QED) is 0.719. The second-order valence-corrected chi connectivity index (χ2v) is 5.99. The smallest absolute Gasteiger partial charge is 0.142 e. The van der Waals surface area contributed by atoms with Gasteiger partial charge in [-0.2, -0.15) is 5.26 Å². The SMILES string of the molecule is COc1cccc(-c2cc(-c3ccccc3Br)nc(N)c2C#N)c1. The molecule has 0 atom stereocenters. The van der Waals surface area contributed by atoms with Gasteiger partial charge in [-0.1, -0.05) is 46.3 Å². The summed E-state index contributed by atoms with van der Waals surface area (Å²) in [5.41, 5.74) is 9.61. The van der Waals surface area contributed by atoms with E-state index in [1.807, 2.05) is 54.6 Å². The maximum atomic E-state index is 9.49. The molecule has 0 radical (unpaired) electrons. The van der Waals surface area contributed by atoms with E-state index in [9.17, 15) is 5.26 Å². The Bertz CT molecular complexity index is 948. The maximum Gasteiger partial charge on any atom is 0.142 e. The van der Waals surface area contributed by atoms with Crippen LogP contribution in [0.15, 0.2) is 59.1 Å². The lowest BCUT2D eigenvalue weighted by molar-refractivity contribution is 0.415. The highest BCUT2D eigenvalue weighted by molar-refractivity contribution is 9.10. The van der Waals surface area contributed by atoms with Crippen LogP contribution in [0.2, 0.25) is 0 Å². The minimum absolute atomic E-state index is 0.212. The number of ether oxygens (including phenoxy) is 1. The second kappa shape index (κ2) is 6.73. The third kappa shape index (κ3) is 2.97. The van der Waals surface area contributed by atoms with Gasteiger partial charge in [0, 0.05) is 15.6 Å². The lowest BCUT2D eigenvalue weighted by atomic mass is 9.98. The van der Waals surface area contributed by atoms with Crippen molar-refractivity contribution < 1.29 is 4.74 Å². The van der Waals surface area contributed by atoms with E-state index in [0.717, 1.165) is 21.2 Å². The van der Waals surface area contributed by atoms with Gasteiger partial charge < -0.3 is 10.5 Å². The molecule has 24 heavy (non-hydrogen) atoms. The van der Waals surface area contributed by atoms with E-state index >= 15 is 0 Å². The van der Waals surface area contributed by atoms with Crippen molar-refractivity contribution in [3.8, 4) is 34.2 Å². The number of nitrogens with two attached hydrogens (primary N) is 1. The van der Waals surface area contributed by atoms with Crippen molar-refractivity contribution >= 4 is 21.7 Å². The fraction of sp³-hybridized carbons (Fsp3) is 0.0526. The molecule has 0 aliphatic rings. The molecule has 5 heteroatoms. The molecule has 3 rings (SSSR count). The van der Waals surface area contributed by atoms with Crippen LogP contribution >= 0.6 is 15.9 Å². The first-order valence-electron chi connectivity index (χ1n) is 7.24. The number of nitrogens with zero attached hydrogens (tertiary/aromatic N) is 2. The molecule has 0 amide bonds. The minimum atomic E-state index is 0.212. The van der Waals surface area contributed by atoms with Crippen LogP contribution in [0.1, 0.15) is 5.56 Å². The van der Waals surface area contributed by atoms with E-state index in [1.54, 1.807) is 7.11 Å². The van der Waals surface area contributed by atoms with Crippen LogP contribution < -0.4 is 10.5 Å². The van der Waals surface area contributed by atoms with Crippen molar-refractivity contribution in [2.24, 2.45) is 0 Å². The molecular formula is C19H14BrN3O. The fourth-order valence-electron chi connectivity index (χ4n) is 2.51. The predicted octanol–water partition coefficient (Wildman–Crippen LogP) is 4.64.